The van der Waals surface area contributed by atoms with Gasteiger partial charge in [-0.3, -0.25) is 0 Å². The molecule has 0 heterocycles. The van der Waals surface area contributed by atoms with Gasteiger partial charge in [0.2, 0.25) is 11.1 Å². The van der Waals surface area contributed by atoms with Gasteiger partial charge in [0.05, 0.1) is 0 Å². The smallest absolute Gasteiger partial charge is 0.301 e. The monoisotopic (exact) mass is 317 g/mol. The van der Waals surface area contributed by atoms with Crippen molar-refractivity contribution in [1.29, 1.82) is 0 Å². The Labute approximate surface area is 101 Å². The van der Waals surface area contributed by atoms with Crippen molar-refractivity contribution in [1.82, 2.24) is 4.72 Å². The molecule has 0 bridgehead atoms. The van der Waals surface area contributed by atoms with Crippen LogP contribution in [-0.2, 0) is 21.1 Å². The number of rotatable bonds is 6. The predicted molar refractivity (Wildman–Crippen MR) is 52.7 cm³/mol. The summed E-state index contributed by atoms with van der Waals surface area (Å²) < 4.78 is 107. The second-order valence-corrected chi connectivity index (χ2v) is 5.92. The van der Waals surface area contributed by atoms with Crippen molar-refractivity contribution in [3.8, 4) is 0 Å². The molecule has 0 saturated heterocycles. The summed E-state index contributed by atoms with van der Waals surface area (Å²) in [6.45, 7) is 2.40. The van der Waals surface area contributed by atoms with Crippen LogP contribution in [-0.4, -0.2) is 40.4 Å². The maximum Gasteiger partial charge on any atom is 0.411 e. The Kier molecular flexibility index (Phi) is 4.67. The van der Waals surface area contributed by atoms with E-state index in [9.17, 15) is 34.6 Å². The molecule has 0 amide bonds. The zero-order chi connectivity index (χ0) is 15.0. The molecule has 0 rings (SSSR count). The summed E-state index contributed by atoms with van der Waals surface area (Å²) in [6.07, 6.45) is -0.584. The van der Waals surface area contributed by atoms with Gasteiger partial charge >= 0.3 is 16.2 Å². The zero-order valence-corrected chi connectivity index (χ0v) is 10.3. The summed E-state index contributed by atoms with van der Waals surface area (Å²) in [5.41, 5.74) is 0. The van der Waals surface area contributed by atoms with Crippen LogP contribution in [0.4, 0.5) is 22.0 Å². The van der Waals surface area contributed by atoms with Gasteiger partial charge in [0.25, 0.3) is 10.0 Å². The highest BCUT2D eigenvalue weighted by Gasteiger charge is 2.77. The molecule has 2 unspecified atom stereocenters. The Bertz CT molecular complexity index is 465. The summed E-state index contributed by atoms with van der Waals surface area (Å²) >= 11 is -4.49. The number of alkyl halides is 5. The average molecular weight is 317 g/mol. The van der Waals surface area contributed by atoms with Crippen LogP contribution in [0.25, 0.3) is 0 Å². The van der Waals surface area contributed by atoms with E-state index in [2.05, 4.69) is 6.58 Å². The first-order chi connectivity index (χ1) is 7.81. The first kappa shape index (κ1) is 17.4. The van der Waals surface area contributed by atoms with Gasteiger partial charge in [-0.1, -0.05) is 6.58 Å². The van der Waals surface area contributed by atoms with Crippen molar-refractivity contribution in [2.75, 3.05) is 7.05 Å². The minimum atomic E-state index is -6.01. The summed E-state index contributed by atoms with van der Waals surface area (Å²) in [4.78, 5) is 0. The minimum Gasteiger partial charge on any atom is -0.301 e. The van der Waals surface area contributed by atoms with Crippen LogP contribution in [0.3, 0.4) is 0 Å². The highest BCUT2D eigenvalue weighted by molar-refractivity contribution is 7.91. The van der Waals surface area contributed by atoms with Gasteiger partial charge in [0.1, 0.15) is 0 Å². The summed E-state index contributed by atoms with van der Waals surface area (Å²) in [5, 5.41) is -10.8. The number of sulfonamides is 1. The molecular formula is C6H8F5NO4S2. The van der Waals surface area contributed by atoms with E-state index in [1.54, 1.807) is 0 Å². The topological polar surface area (TPSA) is 83.5 Å². The molecule has 0 aliphatic heterocycles. The van der Waals surface area contributed by atoms with Crippen molar-refractivity contribution in [3.63, 3.8) is 0 Å². The molecule has 0 aliphatic carbocycles. The van der Waals surface area contributed by atoms with Gasteiger partial charge in [-0.2, -0.15) is 17.6 Å². The molecule has 0 fully saturated rings. The molecule has 18 heavy (non-hydrogen) atoms. The predicted octanol–water partition coefficient (Wildman–Crippen LogP) is 0.837. The first-order valence-corrected chi connectivity index (χ1v) is 6.53. The lowest BCUT2D eigenvalue weighted by molar-refractivity contribution is -0.196. The fraction of sp³-hybridized carbons (Fsp3) is 0.667. The number of hydrogen-bond acceptors (Lipinski definition) is 3. The SMILES string of the molecule is C=CC(F)(C(F)(F)C(F)(F)S(=O)O)S(=O)(=O)NC. The van der Waals surface area contributed by atoms with E-state index in [0.717, 1.165) is 4.72 Å². The second kappa shape index (κ2) is 4.83. The highest BCUT2D eigenvalue weighted by Crippen LogP contribution is 2.48. The Balaban J connectivity index is 6.15. The third-order valence-corrected chi connectivity index (χ3v) is 4.37. The van der Waals surface area contributed by atoms with E-state index in [1.807, 2.05) is 0 Å². The summed E-state index contributed by atoms with van der Waals surface area (Å²) in [6, 6.07) is 0. The van der Waals surface area contributed by atoms with Crippen molar-refractivity contribution >= 4 is 21.1 Å². The molecule has 0 aliphatic rings. The molecule has 0 spiro atoms. The number of nitrogens with one attached hydrogen (secondary N) is 1. The van der Waals surface area contributed by atoms with Crippen LogP contribution >= 0.6 is 0 Å². The minimum absolute atomic E-state index is 0.497. The largest absolute Gasteiger partial charge is 0.411 e. The lowest BCUT2D eigenvalue weighted by Gasteiger charge is -2.33. The van der Waals surface area contributed by atoms with Gasteiger partial charge in [0, 0.05) is 0 Å². The van der Waals surface area contributed by atoms with Gasteiger partial charge in [-0.15, -0.1) is 0 Å². The summed E-state index contributed by atoms with van der Waals surface area (Å²) in [7, 11) is -5.10. The molecule has 12 heteroatoms. The van der Waals surface area contributed by atoms with Crippen LogP contribution in [0.5, 0.6) is 0 Å². The molecule has 2 atom stereocenters. The number of hydrogen-bond donors (Lipinski definition) is 2. The van der Waals surface area contributed by atoms with Gasteiger partial charge in [-0.25, -0.2) is 21.7 Å². The highest BCUT2D eigenvalue weighted by atomic mass is 32.2. The van der Waals surface area contributed by atoms with E-state index < -0.39 is 43.4 Å². The van der Waals surface area contributed by atoms with E-state index in [1.165, 1.54) is 0 Å². The third kappa shape index (κ3) is 2.17. The molecule has 0 radical (unpaired) electrons. The maximum absolute atomic E-state index is 13.7. The van der Waals surface area contributed by atoms with Crippen molar-refractivity contribution in [2.45, 2.75) is 16.2 Å². The fourth-order valence-corrected chi connectivity index (χ4v) is 2.28. The molecule has 5 nitrogen and oxygen atoms in total. The Morgan fingerprint density at radius 2 is 1.67 bits per heavy atom. The van der Waals surface area contributed by atoms with Crippen LogP contribution in [0, 0.1) is 0 Å². The van der Waals surface area contributed by atoms with E-state index >= 15 is 0 Å². The zero-order valence-electron chi connectivity index (χ0n) is 8.66. The van der Waals surface area contributed by atoms with Gasteiger partial charge in [-0.05, 0) is 13.1 Å². The molecular weight excluding hydrogens is 309 g/mol. The van der Waals surface area contributed by atoms with E-state index in [4.69, 9.17) is 4.55 Å². The molecule has 0 saturated carbocycles. The van der Waals surface area contributed by atoms with Gasteiger partial charge in [0.15, 0.2) is 0 Å². The van der Waals surface area contributed by atoms with Gasteiger partial charge < -0.3 is 4.55 Å². The van der Waals surface area contributed by atoms with Crippen LogP contribution in [0.1, 0.15) is 0 Å². The van der Waals surface area contributed by atoms with E-state index in [0.29, 0.717) is 7.05 Å². The van der Waals surface area contributed by atoms with Crippen LogP contribution in [0.15, 0.2) is 12.7 Å². The van der Waals surface area contributed by atoms with E-state index in [-0.39, 0.29) is 0 Å². The first-order valence-electron chi connectivity index (χ1n) is 3.94. The summed E-state index contributed by atoms with van der Waals surface area (Å²) in [5.74, 6) is -6.01. The van der Waals surface area contributed by atoms with Crippen LogP contribution in [0.2, 0.25) is 0 Å². The number of halogens is 5. The Morgan fingerprint density at radius 3 is 1.89 bits per heavy atom. The quantitative estimate of drug-likeness (QED) is 0.432. The molecule has 0 aromatic carbocycles. The standard InChI is InChI=1S/C6H8F5NO4S2/c1-3-4(7,18(15,16)12-2)5(8,9)6(10,11)17(13)14/h3,12H,1H2,2H3,(H,13,14). The average Bonchev–Trinajstić information content (AvgIpc) is 2.26. The van der Waals surface area contributed by atoms with Crippen molar-refractivity contribution < 1.29 is 39.1 Å². The third-order valence-electron chi connectivity index (χ3n) is 1.94. The fourth-order valence-electron chi connectivity index (χ4n) is 0.863. The molecule has 2 N–H and O–H groups in total. The molecule has 0 aromatic rings. The Morgan fingerprint density at radius 1 is 1.28 bits per heavy atom. The van der Waals surface area contributed by atoms with Crippen molar-refractivity contribution in [3.05, 3.63) is 12.7 Å². The second-order valence-electron chi connectivity index (χ2n) is 2.90. The Hall–Kier alpha value is -0.590. The normalized spacial score (nSPS) is 19.1. The van der Waals surface area contributed by atoms with Crippen molar-refractivity contribution in [2.24, 2.45) is 0 Å². The lowest BCUT2D eigenvalue weighted by atomic mass is 10.2. The maximum atomic E-state index is 13.7. The molecule has 108 valence electrons. The molecule has 0 aromatic heterocycles. The lowest BCUT2D eigenvalue weighted by Crippen LogP contribution is -2.62. The van der Waals surface area contributed by atoms with Crippen LogP contribution < -0.4 is 4.72 Å².